The first-order valence-electron chi connectivity index (χ1n) is 25.0. The van der Waals surface area contributed by atoms with Gasteiger partial charge in [-0.05, 0) is 164 Å². The summed E-state index contributed by atoms with van der Waals surface area (Å²) >= 11 is 0. The Kier molecular flexibility index (Phi) is 14.0. The zero-order chi connectivity index (χ0) is 46.0. The molecule has 10 nitrogen and oxygen atoms in total. The van der Waals surface area contributed by atoms with Crippen LogP contribution in [0, 0.1) is 46.3 Å². The number of aryl methyl sites for hydroxylation is 1. The summed E-state index contributed by atoms with van der Waals surface area (Å²) in [6.07, 6.45) is 15.1. The molecule has 0 radical (unpaired) electrons. The molecule has 9 rings (SSSR count). The molecule has 4 aliphatic carbocycles. The quantitative estimate of drug-likeness (QED) is 0.0838. The number of fused-ring (bicyclic) bond motifs is 3. The number of Topliss-reactive ketones (excluding diaryl/α,β-unsaturated/α-hetero) is 2. The van der Waals surface area contributed by atoms with Gasteiger partial charge in [-0.3, -0.25) is 9.59 Å². The van der Waals surface area contributed by atoms with Crippen molar-refractivity contribution in [1.82, 2.24) is 10.6 Å². The molecule has 4 fully saturated rings. The van der Waals surface area contributed by atoms with Crippen LogP contribution in [0.15, 0.2) is 78.1 Å². The van der Waals surface area contributed by atoms with Gasteiger partial charge < -0.3 is 41.5 Å². The lowest BCUT2D eigenvalue weighted by Gasteiger charge is -2.51. The number of aliphatic hydroxyl groups is 3. The van der Waals surface area contributed by atoms with Crippen LogP contribution < -0.4 is 21.1 Å². The molecule has 352 valence electrons. The van der Waals surface area contributed by atoms with Crippen LogP contribution in [0.25, 0.3) is 10.8 Å². The van der Waals surface area contributed by atoms with Crippen molar-refractivity contribution in [3.8, 4) is 23.3 Å². The van der Waals surface area contributed by atoms with Gasteiger partial charge in [-0.2, -0.15) is 0 Å². The highest BCUT2D eigenvalue weighted by atomic mass is 16.5. The molecule has 10 unspecified atom stereocenters. The van der Waals surface area contributed by atoms with E-state index in [1.54, 1.807) is 6.07 Å². The van der Waals surface area contributed by atoms with E-state index in [0.717, 1.165) is 58.8 Å². The van der Waals surface area contributed by atoms with Crippen LogP contribution in [0.5, 0.6) is 11.5 Å². The van der Waals surface area contributed by atoms with Crippen LogP contribution >= 0.6 is 0 Å². The lowest BCUT2D eigenvalue weighted by atomic mass is 9.57. The number of aliphatic hydroxyl groups excluding tert-OH is 3. The van der Waals surface area contributed by atoms with E-state index in [1.807, 2.05) is 24.3 Å². The highest BCUT2D eigenvalue weighted by Crippen LogP contribution is 2.56. The van der Waals surface area contributed by atoms with Crippen molar-refractivity contribution in [1.29, 1.82) is 0 Å². The van der Waals surface area contributed by atoms with Gasteiger partial charge in [0.05, 0.1) is 25.1 Å². The van der Waals surface area contributed by atoms with Crippen molar-refractivity contribution in [3.05, 3.63) is 94.8 Å². The Morgan fingerprint density at radius 1 is 0.985 bits per heavy atom. The van der Waals surface area contributed by atoms with E-state index in [9.17, 15) is 30.0 Å². The first-order chi connectivity index (χ1) is 32.0. The van der Waals surface area contributed by atoms with Crippen molar-refractivity contribution in [2.75, 3.05) is 26.8 Å². The highest BCUT2D eigenvalue weighted by molar-refractivity contribution is 5.89. The second kappa shape index (κ2) is 19.9. The first kappa shape index (κ1) is 46.5. The lowest BCUT2D eigenvalue weighted by molar-refractivity contribution is -0.135. The average Bonchev–Trinajstić information content (AvgIpc) is 3.81. The standard InChI is InChI=1S/C56H71N3O7/c1-66-51-27-40-11-13-52(64)56(20-14-35(24-53(56)65)33-55(18-4-5-19-55)43-29-48-42(17-23-60)26-45(62)31-49(48)59-34-43)21-15-37(47(40)32-50(51)63)10-12-44(61)30-46(41-16-22-58-54(57)28-41)39-9-8-36-6-2-3-7-38(36)25-39/h2-3,6-9,16,25,27-28,32,35,37,42-44,46,48-49,53,58-61,63,65H,4-5,10-14,17-20,22-24,26,29-31,33-34,57H2,1H3. The molecular weight excluding hydrogens is 827 g/mol. The van der Waals surface area contributed by atoms with Crippen molar-refractivity contribution in [3.63, 3.8) is 0 Å². The Morgan fingerprint density at radius 3 is 2.58 bits per heavy atom. The van der Waals surface area contributed by atoms with Gasteiger partial charge in [0, 0.05) is 50.3 Å². The fraction of sp³-hybridized carbons (Fsp3) is 0.571. The third-order valence-electron chi connectivity index (χ3n) is 17.2. The molecule has 1 spiro atoms. The number of allylic oxidation sites excluding steroid dienone is 2. The number of rotatable bonds is 13. The normalized spacial score (nSPS) is 30.6. The van der Waals surface area contributed by atoms with Crippen LogP contribution in [0.2, 0.25) is 0 Å². The van der Waals surface area contributed by atoms with Gasteiger partial charge >= 0.3 is 0 Å². The van der Waals surface area contributed by atoms with E-state index in [1.165, 1.54) is 32.8 Å². The zero-order valence-corrected chi connectivity index (χ0v) is 38.8. The minimum Gasteiger partial charge on any atom is -0.504 e. The molecular formula is C56H71N3O7. The van der Waals surface area contributed by atoms with Gasteiger partial charge in [0.2, 0.25) is 0 Å². The summed E-state index contributed by atoms with van der Waals surface area (Å²) in [4.78, 5) is 27.2. The fourth-order valence-corrected chi connectivity index (χ4v) is 13.7. The molecule has 10 heteroatoms. The van der Waals surface area contributed by atoms with Gasteiger partial charge in [0.1, 0.15) is 11.2 Å². The molecule has 6 aliphatic rings. The number of ether oxygens (including phenoxy) is 1. The van der Waals surface area contributed by atoms with Crippen molar-refractivity contribution in [2.24, 2.45) is 40.2 Å². The monoisotopic (exact) mass is 898 g/mol. The number of carbonyl (C=O) groups excluding carboxylic acids is 2. The molecule has 3 aromatic rings. The molecule has 8 N–H and O–H groups in total. The molecule has 10 atom stereocenters. The summed E-state index contributed by atoms with van der Waals surface area (Å²) in [6.45, 7) is 1.64. The maximum Gasteiger partial charge on any atom is 0.160 e. The number of aromatic hydroxyl groups is 1. The molecule has 2 aliphatic heterocycles. The minimum atomic E-state index is -1.19. The summed E-state index contributed by atoms with van der Waals surface area (Å²) in [6, 6.07) is 18.5. The Labute approximate surface area is 390 Å². The number of ketones is 2. The number of hydrogen-bond donors (Lipinski definition) is 7. The first-order valence-corrected chi connectivity index (χ1v) is 25.0. The number of nitrogens with one attached hydrogen (secondary N) is 2. The van der Waals surface area contributed by atoms with E-state index in [-0.39, 0.29) is 53.8 Å². The number of phenolic OH excluding ortho intramolecular Hbond substituents is 1. The van der Waals surface area contributed by atoms with Gasteiger partial charge in [-0.1, -0.05) is 73.2 Å². The number of dihydropyridines is 1. The molecule has 0 aromatic heterocycles. The molecule has 2 heterocycles. The number of benzene rings is 3. The summed E-state index contributed by atoms with van der Waals surface area (Å²) < 4.78 is 5.54. The summed E-state index contributed by atoms with van der Waals surface area (Å²) in [5.74, 6) is 9.12. The second-order valence-corrected chi connectivity index (χ2v) is 21.0. The number of nitrogens with two attached hydrogens (primary N) is 1. The Hall–Kier alpha value is -4.66. The number of hydrogen-bond acceptors (Lipinski definition) is 10. The predicted octanol–water partition coefficient (Wildman–Crippen LogP) is 7.85. The van der Waals surface area contributed by atoms with Crippen LogP contribution in [0.4, 0.5) is 0 Å². The number of phenols is 1. The smallest absolute Gasteiger partial charge is 0.160 e. The van der Waals surface area contributed by atoms with E-state index in [2.05, 4.69) is 58.9 Å². The average molecular weight is 898 g/mol. The predicted molar refractivity (Wildman–Crippen MR) is 258 cm³/mol. The number of methoxy groups -OCH3 is 1. The molecule has 0 bridgehead atoms. The largest absolute Gasteiger partial charge is 0.504 e. The van der Waals surface area contributed by atoms with Crippen molar-refractivity contribution in [2.45, 2.75) is 139 Å². The van der Waals surface area contributed by atoms with Crippen LogP contribution in [0.1, 0.15) is 131 Å². The molecule has 0 amide bonds. The summed E-state index contributed by atoms with van der Waals surface area (Å²) in [5, 5.41) is 54.6. The van der Waals surface area contributed by atoms with E-state index >= 15 is 0 Å². The summed E-state index contributed by atoms with van der Waals surface area (Å²) in [7, 11) is 1.52. The van der Waals surface area contributed by atoms with Crippen molar-refractivity contribution >= 4 is 22.3 Å². The third kappa shape index (κ3) is 9.56. The number of carbonyl (C=O) groups is 2. The maximum absolute atomic E-state index is 14.6. The minimum absolute atomic E-state index is 0.00781. The van der Waals surface area contributed by atoms with Gasteiger partial charge in [0.25, 0.3) is 0 Å². The van der Waals surface area contributed by atoms with Crippen LogP contribution in [-0.2, 0) is 16.0 Å². The van der Waals surface area contributed by atoms with E-state index in [4.69, 9.17) is 10.5 Å². The van der Waals surface area contributed by atoms with Gasteiger partial charge in [-0.25, -0.2) is 0 Å². The third-order valence-corrected chi connectivity index (χ3v) is 17.2. The van der Waals surface area contributed by atoms with Crippen molar-refractivity contribution < 1.29 is 34.8 Å². The zero-order valence-electron chi connectivity index (χ0n) is 38.8. The molecule has 3 saturated carbocycles. The van der Waals surface area contributed by atoms with E-state index < -0.39 is 23.5 Å². The molecule has 1 saturated heterocycles. The summed E-state index contributed by atoms with van der Waals surface area (Å²) in [5.41, 5.74) is 9.13. The van der Waals surface area contributed by atoms with E-state index in [0.29, 0.717) is 93.5 Å². The van der Waals surface area contributed by atoms with Gasteiger partial charge in [-0.15, -0.1) is 0 Å². The topological polar surface area (TPSA) is 174 Å². The SMILES string of the molecule is COc1cc2c(cc1O)C(CCC(O)CC(C1=CCNC(N)=C1)c1ccc3ccccc3c1)C#CC1(CCC(CC3(C4CNC5CC(=O)CC(CCO)C5C4)CCCC3)CC1O)C(=O)CC2. The Morgan fingerprint density at radius 2 is 1.80 bits per heavy atom. The van der Waals surface area contributed by atoms with Crippen LogP contribution in [-0.4, -0.2) is 77.0 Å². The number of piperidine rings is 1. The maximum atomic E-state index is 14.6. The molecule has 3 aromatic carbocycles. The van der Waals surface area contributed by atoms with Gasteiger partial charge in [0.15, 0.2) is 17.3 Å². The lowest BCUT2D eigenvalue weighted by Crippen LogP contribution is -2.55. The van der Waals surface area contributed by atoms with Crippen LogP contribution in [0.3, 0.4) is 0 Å². The Balaban J connectivity index is 0.945. The fourth-order valence-electron chi connectivity index (χ4n) is 13.7. The highest BCUT2D eigenvalue weighted by Gasteiger charge is 2.52. The Bertz CT molecular complexity index is 2390. The molecule has 66 heavy (non-hydrogen) atoms. The second-order valence-electron chi connectivity index (χ2n) is 21.0.